The summed E-state index contributed by atoms with van der Waals surface area (Å²) in [6.45, 7) is 5.77. The van der Waals surface area contributed by atoms with Crippen LogP contribution in [0.25, 0.3) is 0 Å². The van der Waals surface area contributed by atoms with E-state index in [9.17, 15) is 9.90 Å². The third kappa shape index (κ3) is 2.57. The molecule has 0 amide bonds. The zero-order valence-electron chi connectivity index (χ0n) is 11.1. The second-order valence-electron chi connectivity index (χ2n) is 5.20. The molecule has 1 N–H and O–H groups in total. The Bertz CT molecular complexity index is 580. The summed E-state index contributed by atoms with van der Waals surface area (Å²) in [5.74, 6) is -0.589. The smallest absolute Gasteiger partial charge is 0.161 e. The van der Waals surface area contributed by atoms with Gasteiger partial charge in [0, 0.05) is 20.3 Å². The number of rotatable bonds is 3. The molecule has 0 bridgehead atoms. The van der Waals surface area contributed by atoms with Gasteiger partial charge < -0.3 is 5.11 Å². The lowest BCUT2D eigenvalue weighted by Gasteiger charge is -2.40. The van der Waals surface area contributed by atoms with E-state index >= 15 is 0 Å². The summed E-state index contributed by atoms with van der Waals surface area (Å²) in [6, 6.07) is 6.04. The average molecular weight is 400 g/mol. The summed E-state index contributed by atoms with van der Waals surface area (Å²) in [4.78, 5) is 11.9. The Balaban J connectivity index is 2.56. The summed E-state index contributed by atoms with van der Waals surface area (Å²) in [7, 11) is 0. The van der Waals surface area contributed by atoms with Gasteiger partial charge in [-0.15, -0.1) is 6.58 Å². The Morgan fingerprint density at radius 3 is 2.65 bits per heavy atom. The van der Waals surface area contributed by atoms with Crippen LogP contribution in [-0.2, 0) is 10.2 Å². The molecule has 3 atom stereocenters. The molecule has 0 aliphatic heterocycles. The van der Waals surface area contributed by atoms with E-state index in [1.54, 1.807) is 12.2 Å². The number of halogens is 2. The van der Waals surface area contributed by atoms with E-state index in [0.717, 1.165) is 14.5 Å². The molecule has 2 nitrogen and oxygen atoms in total. The summed E-state index contributed by atoms with van der Waals surface area (Å²) in [5, 5.41) is 9.52. The highest BCUT2D eigenvalue weighted by atomic mass is 79.9. The minimum absolute atomic E-state index is 0.0361. The quantitative estimate of drug-likeness (QED) is 0.779. The number of hydrogen-bond donors (Lipinski definition) is 1. The van der Waals surface area contributed by atoms with Crippen LogP contribution in [0.1, 0.15) is 12.5 Å². The van der Waals surface area contributed by atoms with E-state index in [1.807, 2.05) is 24.3 Å². The number of benzene rings is 1. The van der Waals surface area contributed by atoms with Gasteiger partial charge in [0.05, 0.1) is 12.5 Å². The molecule has 0 aromatic heterocycles. The zero-order valence-corrected chi connectivity index (χ0v) is 14.3. The molecule has 0 saturated heterocycles. The van der Waals surface area contributed by atoms with Crippen molar-refractivity contribution in [2.75, 3.05) is 6.61 Å². The Morgan fingerprint density at radius 2 is 2.10 bits per heavy atom. The third-order valence-corrected chi connectivity index (χ3v) is 5.96. The maximum Gasteiger partial charge on any atom is 0.161 e. The number of carbonyl (C=O) groups is 1. The summed E-state index contributed by atoms with van der Waals surface area (Å²) in [6.07, 6.45) is 5.28. The molecule has 2 rings (SSSR count). The number of aliphatic hydroxyl groups is 1. The molecule has 0 radical (unpaired) electrons. The van der Waals surface area contributed by atoms with E-state index in [0.29, 0.717) is 0 Å². The van der Waals surface area contributed by atoms with Crippen LogP contribution in [0.4, 0.5) is 0 Å². The predicted molar refractivity (Wildman–Crippen MR) is 87.6 cm³/mol. The molecule has 1 aliphatic carbocycles. The first-order valence-electron chi connectivity index (χ1n) is 6.36. The molecule has 20 heavy (non-hydrogen) atoms. The standard InChI is InChI=1S/C16H16Br2O2/c1-3-12-11(9-19)15(20)6-7-16(12,2)10-4-5-13(17)14(18)8-10/h3-8,11-12,19H,1,9H2,2H3/t11-,12-,16+/m0/s1. The molecule has 0 saturated carbocycles. The van der Waals surface area contributed by atoms with Gasteiger partial charge in [-0.05, 0) is 55.6 Å². The van der Waals surface area contributed by atoms with Crippen molar-refractivity contribution in [3.8, 4) is 0 Å². The van der Waals surface area contributed by atoms with Gasteiger partial charge in [-0.2, -0.15) is 0 Å². The first-order chi connectivity index (χ1) is 9.43. The summed E-state index contributed by atoms with van der Waals surface area (Å²) in [5.41, 5.74) is 0.728. The van der Waals surface area contributed by atoms with Crippen LogP contribution in [0.2, 0.25) is 0 Å². The maximum absolute atomic E-state index is 11.9. The minimum Gasteiger partial charge on any atom is -0.396 e. The van der Waals surface area contributed by atoms with Crippen LogP contribution in [0.3, 0.4) is 0 Å². The normalized spacial score (nSPS) is 29.5. The first kappa shape index (κ1) is 15.7. The average Bonchev–Trinajstić information content (AvgIpc) is 2.44. The van der Waals surface area contributed by atoms with E-state index < -0.39 is 5.92 Å². The number of hydrogen-bond acceptors (Lipinski definition) is 2. The van der Waals surface area contributed by atoms with Crippen LogP contribution in [0, 0.1) is 11.8 Å². The first-order valence-corrected chi connectivity index (χ1v) is 7.94. The lowest BCUT2D eigenvalue weighted by molar-refractivity contribution is -0.122. The molecule has 4 heteroatoms. The zero-order chi connectivity index (χ0) is 14.9. The van der Waals surface area contributed by atoms with Crippen LogP contribution in [0.15, 0.2) is 52.0 Å². The van der Waals surface area contributed by atoms with Crippen molar-refractivity contribution >= 4 is 37.6 Å². The fraction of sp³-hybridized carbons (Fsp3) is 0.312. The predicted octanol–water partition coefficient (Wildman–Crippen LogP) is 4.02. The van der Waals surface area contributed by atoms with Crippen LogP contribution in [0.5, 0.6) is 0 Å². The molecule has 1 aromatic carbocycles. The van der Waals surface area contributed by atoms with Gasteiger partial charge in [0.15, 0.2) is 5.78 Å². The lowest BCUT2D eigenvalue weighted by Crippen LogP contribution is -2.42. The highest BCUT2D eigenvalue weighted by Gasteiger charge is 2.42. The fourth-order valence-corrected chi connectivity index (χ4v) is 3.44. The van der Waals surface area contributed by atoms with Crippen LogP contribution < -0.4 is 0 Å². The van der Waals surface area contributed by atoms with Gasteiger partial charge in [-0.25, -0.2) is 0 Å². The molecule has 0 unspecified atom stereocenters. The topological polar surface area (TPSA) is 37.3 Å². The Kier molecular flexibility index (Phi) is 4.67. The monoisotopic (exact) mass is 398 g/mol. The molecule has 106 valence electrons. The van der Waals surface area contributed by atoms with Crippen molar-refractivity contribution in [1.82, 2.24) is 0 Å². The summed E-state index contributed by atoms with van der Waals surface area (Å²) >= 11 is 6.97. The largest absolute Gasteiger partial charge is 0.396 e. The Morgan fingerprint density at radius 1 is 1.40 bits per heavy atom. The second kappa shape index (κ2) is 5.96. The van der Waals surface area contributed by atoms with E-state index in [1.165, 1.54) is 0 Å². The number of allylic oxidation sites excluding steroid dienone is 3. The summed E-state index contributed by atoms with van der Waals surface area (Å²) < 4.78 is 1.94. The highest BCUT2D eigenvalue weighted by Crippen LogP contribution is 2.43. The van der Waals surface area contributed by atoms with Crippen molar-refractivity contribution in [1.29, 1.82) is 0 Å². The van der Waals surface area contributed by atoms with Gasteiger partial charge in [0.1, 0.15) is 0 Å². The number of ketones is 1. The number of carbonyl (C=O) groups excluding carboxylic acids is 1. The SMILES string of the molecule is C=C[C@H]1[C@H](CO)C(=O)C=C[C@]1(C)c1ccc(Br)c(Br)c1. The Labute approximate surface area is 135 Å². The van der Waals surface area contributed by atoms with Crippen molar-refractivity contribution in [3.63, 3.8) is 0 Å². The van der Waals surface area contributed by atoms with Crippen molar-refractivity contribution in [2.45, 2.75) is 12.3 Å². The van der Waals surface area contributed by atoms with E-state index in [4.69, 9.17) is 0 Å². The van der Waals surface area contributed by atoms with Crippen molar-refractivity contribution < 1.29 is 9.90 Å². The lowest BCUT2D eigenvalue weighted by atomic mass is 9.63. The van der Waals surface area contributed by atoms with Gasteiger partial charge in [-0.3, -0.25) is 4.79 Å². The van der Waals surface area contributed by atoms with E-state index in [-0.39, 0.29) is 23.7 Å². The third-order valence-electron chi connectivity index (χ3n) is 4.08. The van der Waals surface area contributed by atoms with Gasteiger partial charge in [0.25, 0.3) is 0 Å². The minimum atomic E-state index is -0.426. The van der Waals surface area contributed by atoms with E-state index in [2.05, 4.69) is 45.4 Å². The van der Waals surface area contributed by atoms with Crippen molar-refractivity contribution in [2.24, 2.45) is 11.8 Å². The molecule has 0 spiro atoms. The Hall–Kier alpha value is -0.710. The van der Waals surface area contributed by atoms with Crippen LogP contribution >= 0.6 is 31.9 Å². The van der Waals surface area contributed by atoms with Gasteiger partial charge in [-0.1, -0.05) is 25.1 Å². The van der Waals surface area contributed by atoms with Crippen LogP contribution in [-0.4, -0.2) is 17.5 Å². The highest BCUT2D eigenvalue weighted by molar-refractivity contribution is 9.13. The molecule has 1 aliphatic rings. The second-order valence-corrected chi connectivity index (χ2v) is 6.91. The maximum atomic E-state index is 11.9. The molecular formula is C16H16Br2O2. The van der Waals surface area contributed by atoms with Gasteiger partial charge >= 0.3 is 0 Å². The molecular weight excluding hydrogens is 384 g/mol. The molecule has 1 aromatic rings. The van der Waals surface area contributed by atoms with Gasteiger partial charge in [0.2, 0.25) is 0 Å². The molecule has 0 fully saturated rings. The number of aliphatic hydroxyl groups excluding tert-OH is 1. The fourth-order valence-electron chi connectivity index (χ4n) is 2.82. The molecule has 0 heterocycles. The van der Waals surface area contributed by atoms with Crippen molar-refractivity contribution in [3.05, 3.63) is 57.5 Å².